The molecule has 0 unspecified atom stereocenters. The number of carbonyl (C=O) groups is 1. The highest BCUT2D eigenvalue weighted by atomic mass is 35.5. The minimum Gasteiger partial charge on any atom is -0.465 e. The molecule has 0 spiro atoms. The largest absolute Gasteiger partial charge is 0.465 e. The highest BCUT2D eigenvalue weighted by Gasteiger charge is 2.47. The summed E-state index contributed by atoms with van der Waals surface area (Å²) in [5.41, 5.74) is 9.08. The van der Waals surface area contributed by atoms with Gasteiger partial charge in [-0.3, -0.25) is 4.79 Å². The molecule has 0 saturated carbocycles. The predicted octanol–water partition coefficient (Wildman–Crippen LogP) is 3.94. The van der Waals surface area contributed by atoms with Crippen LogP contribution in [0.25, 0.3) is 0 Å². The normalized spacial score (nSPS) is 14.7. The number of halogens is 2. The Balaban J connectivity index is 0.00000192. The Morgan fingerprint density at radius 3 is 2.35 bits per heavy atom. The third-order valence-corrected chi connectivity index (χ3v) is 4.53. The quantitative estimate of drug-likeness (QED) is 0.672. The molecule has 0 aromatic heterocycles. The number of nitrogens with two attached hydrogens (primary N) is 1. The smallest absolute Gasteiger partial charge is 0.317 e. The van der Waals surface area contributed by atoms with E-state index in [0.717, 1.165) is 5.56 Å². The molecule has 2 aromatic rings. The second-order valence-electron chi connectivity index (χ2n) is 5.66. The fourth-order valence-corrected chi connectivity index (χ4v) is 3.48. The number of carbonyl (C=O) groups excluding carboxylic acids is 1. The first kappa shape index (κ1) is 17.6. The highest BCUT2D eigenvalue weighted by Crippen LogP contribution is 2.43. The van der Waals surface area contributed by atoms with Gasteiger partial charge in [0.2, 0.25) is 0 Å². The Kier molecular flexibility index (Phi) is 5.23. The first-order valence-corrected chi connectivity index (χ1v) is 7.74. The van der Waals surface area contributed by atoms with Gasteiger partial charge < -0.3 is 10.5 Å². The van der Waals surface area contributed by atoms with Gasteiger partial charge in [-0.15, -0.1) is 12.4 Å². The Morgan fingerprint density at radius 2 is 1.83 bits per heavy atom. The average Bonchev–Trinajstić information content (AvgIpc) is 2.87. The summed E-state index contributed by atoms with van der Waals surface area (Å²) in [5, 5.41) is 0.566. The Labute approximate surface area is 147 Å². The molecular formula is C18H19Cl2NO2. The summed E-state index contributed by atoms with van der Waals surface area (Å²) in [7, 11) is 0. The second-order valence-corrected chi connectivity index (χ2v) is 6.09. The van der Waals surface area contributed by atoms with Crippen LogP contribution in [0.5, 0.6) is 0 Å². The van der Waals surface area contributed by atoms with Crippen LogP contribution in [-0.4, -0.2) is 12.6 Å². The van der Waals surface area contributed by atoms with E-state index in [1.165, 1.54) is 11.1 Å². The van der Waals surface area contributed by atoms with E-state index >= 15 is 0 Å². The number of nitrogen functional groups attached to an aromatic ring is 1. The van der Waals surface area contributed by atoms with Gasteiger partial charge in [0.1, 0.15) is 5.41 Å². The van der Waals surface area contributed by atoms with Gasteiger partial charge in [-0.1, -0.05) is 41.9 Å². The van der Waals surface area contributed by atoms with Crippen molar-refractivity contribution in [3.63, 3.8) is 0 Å². The summed E-state index contributed by atoms with van der Waals surface area (Å²) in [4.78, 5) is 12.8. The van der Waals surface area contributed by atoms with Crippen LogP contribution in [0.1, 0.15) is 23.6 Å². The second kappa shape index (κ2) is 6.81. The first-order chi connectivity index (χ1) is 10.6. The number of ether oxygens (including phenoxy) is 1. The van der Waals surface area contributed by atoms with Crippen molar-refractivity contribution in [1.82, 2.24) is 0 Å². The van der Waals surface area contributed by atoms with E-state index < -0.39 is 5.41 Å². The molecule has 0 bridgehead atoms. The average molecular weight is 352 g/mol. The van der Waals surface area contributed by atoms with Gasteiger partial charge in [-0.05, 0) is 48.6 Å². The van der Waals surface area contributed by atoms with Gasteiger partial charge in [0, 0.05) is 10.7 Å². The summed E-state index contributed by atoms with van der Waals surface area (Å²) >= 11 is 6.00. The molecule has 0 heterocycles. The standard InChI is InChI=1S/C18H18ClNO2.ClH/c1-2-22-17(21)18(15-8-7-14(19)9-16(15)20)10-12-5-3-4-6-13(12)11-18;/h3-9H,2,10-11,20H2,1H3;1H. The van der Waals surface area contributed by atoms with Gasteiger partial charge in [0.25, 0.3) is 0 Å². The predicted molar refractivity (Wildman–Crippen MR) is 95.3 cm³/mol. The van der Waals surface area contributed by atoms with Gasteiger partial charge in [0.05, 0.1) is 6.61 Å². The molecule has 1 aliphatic rings. The number of benzene rings is 2. The zero-order valence-corrected chi connectivity index (χ0v) is 14.4. The van der Waals surface area contributed by atoms with E-state index in [1.807, 2.05) is 25.1 Å². The first-order valence-electron chi connectivity index (χ1n) is 7.36. The van der Waals surface area contributed by atoms with Gasteiger partial charge in [0.15, 0.2) is 0 Å². The van der Waals surface area contributed by atoms with E-state index in [-0.39, 0.29) is 18.4 Å². The molecule has 23 heavy (non-hydrogen) atoms. The van der Waals surface area contributed by atoms with Crippen molar-refractivity contribution >= 4 is 35.7 Å². The molecule has 0 amide bonds. The number of hydrogen-bond donors (Lipinski definition) is 1. The molecule has 0 aliphatic heterocycles. The summed E-state index contributed by atoms with van der Waals surface area (Å²) < 4.78 is 5.37. The van der Waals surface area contributed by atoms with Gasteiger partial charge in [-0.25, -0.2) is 0 Å². The zero-order chi connectivity index (χ0) is 15.7. The number of esters is 1. The highest BCUT2D eigenvalue weighted by molar-refractivity contribution is 6.30. The molecule has 5 heteroatoms. The van der Waals surface area contributed by atoms with Crippen molar-refractivity contribution in [2.24, 2.45) is 0 Å². The third kappa shape index (κ3) is 3.04. The number of anilines is 1. The molecule has 0 radical (unpaired) electrons. The summed E-state index contributed by atoms with van der Waals surface area (Å²) in [6, 6.07) is 13.4. The minimum absolute atomic E-state index is 0. The van der Waals surface area contributed by atoms with Crippen molar-refractivity contribution in [2.45, 2.75) is 25.2 Å². The molecule has 2 aromatic carbocycles. The monoisotopic (exact) mass is 351 g/mol. The molecule has 0 atom stereocenters. The van der Waals surface area contributed by atoms with Crippen LogP contribution in [0.4, 0.5) is 5.69 Å². The molecule has 1 aliphatic carbocycles. The zero-order valence-electron chi connectivity index (χ0n) is 12.8. The Hall–Kier alpha value is -1.71. The van der Waals surface area contributed by atoms with Crippen molar-refractivity contribution in [1.29, 1.82) is 0 Å². The van der Waals surface area contributed by atoms with Crippen LogP contribution in [-0.2, 0) is 27.8 Å². The molecule has 2 N–H and O–H groups in total. The van der Waals surface area contributed by atoms with E-state index in [4.69, 9.17) is 22.1 Å². The van der Waals surface area contributed by atoms with Crippen molar-refractivity contribution in [2.75, 3.05) is 12.3 Å². The van der Waals surface area contributed by atoms with E-state index in [1.54, 1.807) is 12.1 Å². The minimum atomic E-state index is -0.756. The lowest BCUT2D eigenvalue weighted by molar-refractivity contribution is -0.149. The molecule has 3 nitrogen and oxygen atoms in total. The van der Waals surface area contributed by atoms with Crippen molar-refractivity contribution < 1.29 is 9.53 Å². The molecule has 0 saturated heterocycles. The van der Waals surface area contributed by atoms with Crippen LogP contribution in [0.3, 0.4) is 0 Å². The van der Waals surface area contributed by atoms with Crippen LogP contribution in [0.15, 0.2) is 42.5 Å². The molecule has 122 valence electrons. The molecular weight excluding hydrogens is 333 g/mol. The Morgan fingerprint density at radius 1 is 1.22 bits per heavy atom. The maximum atomic E-state index is 12.8. The van der Waals surface area contributed by atoms with Crippen LogP contribution in [0.2, 0.25) is 5.02 Å². The Bertz CT molecular complexity index is 706. The lowest BCUT2D eigenvalue weighted by Gasteiger charge is -2.28. The van der Waals surface area contributed by atoms with Gasteiger partial charge in [-0.2, -0.15) is 0 Å². The summed E-state index contributed by atoms with van der Waals surface area (Å²) in [6.45, 7) is 2.17. The maximum absolute atomic E-state index is 12.8. The number of rotatable bonds is 3. The maximum Gasteiger partial charge on any atom is 0.317 e. The molecule has 0 fully saturated rings. The van der Waals surface area contributed by atoms with Crippen LogP contribution < -0.4 is 5.73 Å². The third-order valence-electron chi connectivity index (χ3n) is 4.30. The summed E-state index contributed by atoms with van der Waals surface area (Å²) in [6.07, 6.45) is 1.21. The number of fused-ring (bicyclic) bond motifs is 1. The fraction of sp³-hybridized carbons (Fsp3) is 0.278. The van der Waals surface area contributed by atoms with E-state index in [2.05, 4.69) is 12.1 Å². The SMILES string of the molecule is CCOC(=O)C1(c2ccc(Cl)cc2N)Cc2ccccc2C1.Cl. The topological polar surface area (TPSA) is 52.3 Å². The number of hydrogen-bond acceptors (Lipinski definition) is 3. The van der Waals surface area contributed by atoms with Crippen molar-refractivity contribution in [3.8, 4) is 0 Å². The van der Waals surface area contributed by atoms with Crippen molar-refractivity contribution in [3.05, 3.63) is 64.2 Å². The van der Waals surface area contributed by atoms with E-state index in [9.17, 15) is 4.79 Å². The fourth-order valence-electron chi connectivity index (χ4n) is 3.30. The lowest BCUT2D eigenvalue weighted by Crippen LogP contribution is -2.39. The van der Waals surface area contributed by atoms with Crippen LogP contribution in [0, 0.1) is 0 Å². The lowest BCUT2D eigenvalue weighted by atomic mass is 9.77. The van der Waals surface area contributed by atoms with E-state index in [0.29, 0.717) is 30.2 Å². The molecule has 3 rings (SSSR count). The van der Waals surface area contributed by atoms with Gasteiger partial charge >= 0.3 is 5.97 Å². The summed E-state index contributed by atoms with van der Waals surface area (Å²) in [5.74, 6) is -0.222. The van der Waals surface area contributed by atoms with Crippen LogP contribution >= 0.6 is 24.0 Å².